The Kier molecular flexibility index (Phi) is 12.6. The van der Waals surface area contributed by atoms with Crippen molar-refractivity contribution in [2.24, 2.45) is 0 Å². The maximum absolute atomic E-state index is 10.1. The van der Waals surface area contributed by atoms with Crippen molar-refractivity contribution >= 4 is 17.9 Å². The minimum absolute atomic E-state index is 0.843. The molecule has 160 valence electrons. The Bertz CT molecular complexity index is 457. The first kappa shape index (κ1) is 27.3. The molecule has 0 saturated heterocycles. The van der Waals surface area contributed by atoms with Crippen molar-refractivity contribution in [2.75, 3.05) is 6.61 Å². The van der Waals surface area contributed by atoms with E-state index in [-0.39, 0.29) is 0 Å². The van der Waals surface area contributed by atoms with Gasteiger partial charge in [0.15, 0.2) is 18.3 Å². The lowest BCUT2D eigenvalue weighted by molar-refractivity contribution is -0.172. The molecule has 0 aliphatic rings. The van der Waals surface area contributed by atoms with Crippen molar-refractivity contribution < 1.29 is 75.7 Å². The van der Waals surface area contributed by atoms with Gasteiger partial charge in [0.05, 0.1) is 6.61 Å². The Morgan fingerprint density at radius 2 is 0.741 bits per heavy atom. The van der Waals surface area contributed by atoms with Crippen LogP contribution in [0.2, 0.25) is 0 Å². The summed E-state index contributed by atoms with van der Waals surface area (Å²) in [6.45, 7) is -0.843. The summed E-state index contributed by atoms with van der Waals surface area (Å²) in [5.41, 5.74) is 0. The fourth-order valence-electron chi connectivity index (χ4n) is 1.33. The second-order valence-corrected chi connectivity index (χ2v) is 5.06. The van der Waals surface area contributed by atoms with Crippen LogP contribution >= 0.6 is 0 Å². The molecular formula is C12H22O15. The van der Waals surface area contributed by atoms with Gasteiger partial charge in [-0.1, -0.05) is 0 Å². The van der Waals surface area contributed by atoms with Crippen LogP contribution in [0.5, 0.6) is 0 Å². The number of hydrogen-bond acceptors (Lipinski definition) is 12. The minimum atomic E-state index is -2.36. The van der Waals surface area contributed by atoms with Gasteiger partial charge in [0, 0.05) is 0 Å². The van der Waals surface area contributed by atoms with Crippen molar-refractivity contribution in [1.29, 1.82) is 0 Å². The van der Waals surface area contributed by atoms with Gasteiger partial charge in [-0.15, -0.1) is 0 Å². The fourth-order valence-corrected chi connectivity index (χ4v) is 1.33. The van der Waals surface area contributed by atoms with Crippen LogP contribution in [-0.2, 0) is 14.4 Å². The smallest absolute Gasteiger partial charge is 0.335 e. The van der Waals surface area contributed by atoms with Crippen molar-refractivity contribution in [3.05, 3.63) is 0 Å². The molecule has 0 radical (unpaired) electrons. The molecule has 8 unspecified atom stereocenters. The first-order valence-corrected chi connectivity index (χ1v) is 6.94. The summed E-state index contributed by atoms with van der Waals surface area (Å²) in [6.07, 6.45) is -17.1. The first-order valence-electron chi connectivity index (χ1n) is 6.94. The van der Waals surface area contributed by atoms with Crippen LogP contribution in [-0.4, -0.2) is 135 Å². The predicted molar refractivity (Wildman–Crippen MR) is 78.0 cm³/mol. The minimum Gasteiger partial charge on any atom is -0.479 e. The lowest BCUT2D eigenvalue weighted by Crippen LogP contribution is -2.49. The lowest BCUT2D eigenvalue weighted by atomic mass is 10.0. The topological polar surface area (TPSA) is 294 Å². The third-order valence-electron chi connectivity index (χ3n) is 3.01. The highest BCUT2D eigenvalue weighted by molar-refractivity contribution is 5.75. The number of carbonyl (C=O) groups is 3. The quantitative estimate of drug-likeness (QED) is 0.160. The summed E-state index contributed by atoms with van der Waals surface area (Å²) in [7, 11) is 0. The number of aliphatic hydroxyl groups excluding tert-OH is 9. The number of carboxylic acid groups (broad SMARTS) is 3. The fraction of sp³-hybridized carbons (Fsp3) is 0.750. The number of aliphatic hydroxyl groups is 9. The summed E-state index contributed by atoms with van der Waals surface area (Å²) in [5, 5.41) is 103. The van der Waals surface area contributed by atoms with Crippen LogP contribution in [0, 0.1) is 0 Å². The number of aliphatic carboxylic acids is 3. The van der Waals surface area contributed by atoms with Crippen LogP contribution in [0.4, 0.5) is 0 Å². The average Bonchev–Trinajstić information content (AvgIpc) is 2.62. The maximum Gasteiger partial charge on any atom is 0.335 e. The van der Waals surface area contributed by atoms with Gasteiger partial charge in [-0.25, -0.2) is 14.4 Å². The molecule has 0 fully saturated rings. The van der Waals surface area contributed by atoms with Crippen molar-refractivity contribution in [3.63, 3.8) is 0 Å². The number of hydrogen-bond donors (Lipinski definition) is 12. The standard InChI is InChI=1S/C6H10O8.C6H12O7/c7-1(3(9)5(11)12)2(8)4(10)6(13)14;7-1-2(8)3(9)4(10)5(11)6(12)13/h1-4,7-10H,(H,11,12)(H,13,14);2-5,7-11H,1H2,(H,12,13). The molecule has 8 atom stereocenters. The van der Waals surface area contributed by atoms with E-state index in [1.54, 1.807) is 0 Å². The van der Waals surface area contributed by atoms with Gasteiger partial charge in [-0.3, -0.25) is 0 Å². The molecule has 0 rings (SSSR count). The van der Waals surface area contributed by atoms with Crippen LogP contribution in [0.3, 0.4) is 0 Å². The highest BCUT2D eigenvalue weighted by Crippen LogP contribution is 2.06. The molecular weight excluding hydrogens is 384 g/mol. The summed E-state index contributed by atoms with van der Waals surface area (Å²) in [6, 6.07) is 0. The first-order chi connectivity index (χ1) is 12.2. The van der Waals surface area contributed by atoms with Gasteiger partial charge in [0.2, 0.25) is 0 Å². The molecule has 0 amide bonds. The zero-order chi connectivity index (χ0) is 22.1. The van der Waals surface area contributed by atoms with Gasteiger partial charge in [0.1, 0.15) is 30.5 Å². The molecule has 27 heavy (non-hydrogen) atoms. The van der Waals surface area contributed by atoms with E-state index in [1.807, 2.05) is 0 Å². The summed E-state index contributed by atoms with van der Waals surface area (Å²) < 4.78 is 0. The van der Waals surface area contributed by atoms with Crippen molar-refractivity contribution in [2.45, 2.75) is 48.8 Å². The lowest BCUT2D eigenvalue weighted by Gasteiger charge is -2.23. The Hall–Kier alpha value is -1.95. The highest BCUT2D eigenvalue weighted by Gasteiger charge is 2.37. The van der Waals surface area contributed by atoms with E-state index in [0.717, 1.165) is 0 Å². The van der Waals surface area contributed by atoms with Crippen LogP contribution in [0.1, 0.15) is 0 Å². The largest absolute Gasteiger partial charge is 0.479 e. The molecule has 0 aromatic carbocycles. The summed E-state index contributed by atoms with van der Waals surface area (Å²) >= 11 is 0. The van der Waals surface area contributed by atoms with Crippen molar-refractivity contribution in [3.8, 4) is 0 Å². The van der Waals surface area contributed by atoms with E-state index in [1.165, 1.54) is 0 Å². The van der Waals surface area contributed by atoms with Crippen LogP contribution in [0.15, 0.2) is 0 Å². The SMILES string of the molecule is O=C(O)C(O)C(O)C(O)C(O)C(=O)O.O=C(O)C(O)C(O)C(O)C(O)CO. The molecule has 0 aliphatic carbocycles. The van der Waals surface area contributed by atoms with Crippen molar-refractivity contribution in [1.82, 2.24) is 0 Å². The van der Waals surface area contributed by atoms with E-state index in [9.17, 15) is 14.4 Å². The van der Waals surface area contributed by atoms with Gasteiger partial charge < -0.3 is 61.3 Å². The molecule has 15 nitrogen and oxygen atoms in total. The third kappa shape index (κ3) is 9.00. The van der Waals surface area contributed by atoms with Gasteiger partial charge in [-0.2, -0.15) is 0 Å². The molecule has 12 N–H and O–H groups in total. The van der Waals surface area contributed by atoms with Crippen LogP contribution < -0.4 is 0 Å². The van der Waals surface area contributed by atoms with Crippen LogP contribution in [0.25, 0.3) is 0 Å². The summed E-state index contributed by atoms with van der Waals surface area (Å²) in [4.78, 5) is 30.3. The highest BCUT2D eigenvalue weighted by atomic mass is 16.4. The van der Waals surface area contributed by atoms with E-state index in [2.05, 4.69) is 0 Å². The van der Waals surface area contributed by atoms with E-state index >= 15 is 0 Å². The third-order valence-corrected chi connectivity index (χ3v) is 3.01. The Balaban J connectivity index is 0. The number of carboxylic acids is 3. The molecule has 0 bridgehead atoms. The zero-order valence-corrected chi connectivity index (χ0v) is 13.4. The Morgan fingerprint density at radius 1 is 0.519 bits per heavy atom. The van der Waals surface area contributed by atoms with Gasteiger partial charge in [-0.05, 0) is 0 Å². The second kappa shape index (κ2) is 12.4. The molecule has 0 heterocycles. The molecule has 0 saturated carbocycles. The van der Waals surface area contributed by atoms with E-state index in [0.29, 0.717) is 0 Å². The normalized spacial score (nSPS) is 19.9. The van der Waals surface area contributed by atoms with E-state index < -0.39 is 73.3 Å². The zero-order valence-electron chi connectivity index (χ0n) is 13.4. The van der Waals surface area contributed by atoms with Gasteiger partial charge >= 0.3 is 17.9 Å². The predicted octanol–water partition coefficient (Wildman–Crippen LogP) is -6.89. The molecule has 0 aliphatic heterocycles. The van der Waals surface area contributed by atoms with E-state index in [4.69, 9.17) is 61.3 Å². The monoisotopic (exact) mass is 406 g/mol. The Morgan fingerprint density at radius 3 is 0.926 bits per heavy atom. The summed E-state index contributed by atoms with van der Waals surface area (Å²) in [5.74, 6) is -5.40. The maximum atomic E-state index is 10.1. The number of rotatable bonds is 10. The van der Waals surface area contributed by atoms with Gasteiger partial charge in [0.25, 0.3) is 0 Å². The second-order valence-electron chi connectivity index (χ2n) is 5.06. The average molecular weight is 406 g/mol. The molecule has 15 heteroatoms. The molecule has 0 spiro atoms. The Labute approximate surface area is 150 Å². The molecule has 0 aromatic rings. The molecule has 0 aromatic heterocycles.